The second kappa shape index (κ2) is 24.6. The molecular formula is C54H81N3O15. The van der Waals surface area contributed by atoms with Crippen LogP contribution in [0.1, 0.15) is 121 Å². The van der Waals surface area contributed by atoms with Crippen LogP contribution in [0.25, 0.3) is 10.9 Å². The maximum absolute atomic E-state index is 14.0. The molecule has 0 bridgehead atoms. The predicted octanol–water partition coefficient (Wildman–Crippen LogP) is 6.69. The van der Waals surface area contributed by atoms with Crippen molar-refractivity contribution in [2.24, 2.45) is 27.1 Å². The van der Waals surface area contributed by atoms with Crippen molar-refractivity contribution >= 4 is 40.7 Å². The molecule has 0 amide bonds. The van der Waals surface area contributed by atoms with Crippen molar-refractivity contribution in [3.63, 3.8) is 0 Å². The molecule has 72 heavy (non-hydrogen) atoms. The van der Waals surface area contributed by atoms with Gasteiger partial charge >= 0.3 is 29.8 Å². The van der Waals surface area contributed by atoms with Crippen LogP contribution in [-0.4, -0.2) is 126 Å². The van der Waals surface area contributed by atoms with Crippen molar-refractivity contribution in [3.8, 4) is 11.6 Å². The summed E-state index contributed by atoms with van der Waals surface area (Å²) in [5, 5.41) is 27.1. The average molecular weight is 1010 g/mol. The lowest BCUT2D eigenvalue weighted by atomic mass is 9.93. The summed E-state index contributed by atoms with van der Waals surface area (Å²) < 4.78 is 51.1. The molecule has 2 aromatic carbocycles. The number of carbonyl (C=O) groups is 5. The number of hydrogen-bond acceptors (Lipinski definition) is 17. The normalized spacial score (nSPS) is 18.9. The average Bonchev–Trinajstić information content (AvgIpc) is 3.63. The van der Waals surface area contributed by atoms with Gasteiger partial charge in [0, 0.05) is 0 Å². The molecule has 3 N–H and O–H groups in total. The predicted molar refractivity (Wildman–Crippen MR) is 268 cm³/mol. The van der Waals surface area contributed by atoms with Gasteiger partial charge in [-0.3, -0.25) is 28.7 Å². The number of nitrogens with one attached hydrogen (secondary N) is 1. The number of carbonyl (C=O) groups excluding carboxylic acids is 5. The fourth-order valence-corrected chi connectivity index (χ4v) is 6.85. The number of fused-ring (bicyclic) bond motifs is 1. The van der Waals surface area contributed by atoms with Crippen molar-refractivity contribution in [1.29, 1.82) is 0 Å². The highest BCUT2D eigenvalue weighted by Crippen LogP contribution is 2.38. The highest BCUT2D eigenvalue weighted by Gasteiger charge is 2.56. The van der Waals surface area contributed by atoms with Crippen LogP contribution in [0.2, 0.25) is 0 Å². The minimum atomic E-state index is -1.61. The standard InChI is InChI=1S/C54H81N3O15/c1-50(2,3)45(60)66-29-27-57-37-19-16-18-34(23-20-33-21-24-36(25-22-33)65-28-17-26-55-35(30-58)31-59)39(37)43(56-57)72-44-42(71-49(64)54(13,14)15)41(70-48(63)53(10,11)12)40(69-47(62)52(7,8)9)38(68-44)32-67-46(61)51(4,5)6/h16,18-19,21-22,24-25,35,38,40-42,44,55,58-59H,17,20,23,26-32H2,1-15H3/t38-,40-,41+,42-,44+/m1/s1. The lowest BCUT2D eigenvalue weighted by Gasteiger charge is -2.45. The van der Waals surface area contributed by atoms with Crippen LogP contribution in [0.3, 0.4) is 0 Å². The SMILES string of the molecule is CC(C)(C)C(=O)OCCn1nc(O[C@@H]2O[C@H](COC(=O)C(C)(C)C)[C@@H](OC(=O)C(C)(C)C)[C@H](OC(=O)C(C)(C)C)[C@H]2OC(=O)C(C)(C)C)c2c(CCc3ccc(OCCCNC(CO)CO)cc3)cccc21. The van der Waals surface area contributed by atoms with E-state index in [2.05, 4.69) is 5.32 Å². The van der Waals surface area contributed by atoms with Crippen LogP contribution < -0.4 is 14.8 Å². The molecule has 18 heteroatoms. The Morgan fingerprint density at radius 1 is 0.653 bits per heavy atom. The van der Waals surface area contributed by atoms with Crippen LogP contribution in [0.4, 0.5) is 0 Å². The van der Waals surface area contributed by atoms with Crippen molar-refractivity contribution in [2.75, 3.05) is 39.6 Å². The minimum absolute atomic E-state index is 0.0219. The highest BCUT2D eigenvalue weighted by atomic mass is 16.7. The molecule has 0 radical (unpaired) electrons. The Bertz CT molecular complexity index is 2290. The minimum Gasteiger partial charge on any atom is -0.494 e. The molecule has 1 aliphatic heterocycles. The molecule has 18 nitrogen and oxygen atoms in total. The first-order chi connectivity index (χ1) is 33.3. The fourth-order valence-electron chi connectivity index (χ4n) is 6.85. The van der Waals surface area contributed by atoms with Crippen LogP contribution >= 0.6 is 0 Å². The zero-order valence-corrected chi connectivity index (χ0v) is 45.2. The van der Waals surface area contributed by atoms with Crippen LogP contribution in [-0.2, 0) is 71.8 Å². The summed E-state index contributed by atoms with van der Waals surface area (Å²) in [5.74, 6) is -2.36. The molecule has 5 atom stereocenters. The van der Waals surface area contributed by atoms with Gasteiger partial charge in [0.2, 0.25) is 18.3 Å². The van der Waals surface area contributed by atoms with Gasteiger partial charge in [0.1, 0.15) is 25.1 Å². The Morgan fingerprint density at radius 2 is 1.18 bits per heavy atom. The first-order valence-electron chi connectivity index (χ1n) is 24.8. The third-order valence-electron chi connectivity index (χ3n) is 11.4. The first-order valence-corrected chi connectivity index (χ1v) is 24.8. The summed E-state index contributed by atoms with van der Waals surface area (Å²) in [6, 6.07) is 13.0. The second-order valence-electron chi connectivity index (χ2n) is 23.5. The van der Waals surface area contributed by atoms with E-state index in [-0.39, 0.29) is 38.3 Å². The number of ether oxygens (including phenoxy) is 8. The van der Waals surface area contributed by atoms with Crippen LogP contribution in [0.5, 0.6) is 11.6 Å². The van der Waals surface area contributed by atoms with E-state index in [4.69, 9.17) is 43.0 Å². The van der Waals surface area contributed by atoms with E-state index in [1.54, 1.807) is 109 Å². The molecule has 1 aliphatic rings. The highest BCUT2D eigenvalue weighted by molar-refractivity contribution is 5.88. The van der Waals surface area contributed by atoms with E-state index >= 15 is 0 Å². The first kappa shape index (κ1) is 59.3. The van der Waals surface area contributed by atoms with Crippen LogP contribution in [0, 0.1) is 27.1 Å². The Balaban J connectivity index is 1.83. The van der Waals surface area contributed by atoms with Crippen LogP contribution in [0.15, 0.2) is 42.5 Å². The van der Waals surface area contributed by atoms with Gasteiger partial charge in [-0.1, -0.05) is 24.3 Å². The largest absolute Gasteiger partial charge is 0.494 e. The molecule has 0 spiro atoms. The van der Waals surface area contributed by atoms with E-state index in [1.165, 1.54) is 0 Å². The number of esters is 5. The molecule has 1 aromatic heterocycles. The van der Waals surface area contributed by atoms with Crippen molar-refractivity contribution in [2.45, 2.75) is 166 Å². The van der Waals surface area contributed by atoms with E-state index in [0.29, 0.717) is 49.1 Å². The number of benzene rings is 2. The number of aliphatic hydroxyl groups is 2. The van der Waals surface area contributed by atoms with Crippen molar-refractivity contribution in [3.05, 3.63) is 53.6 Å². The Hall–Kier alpha value is -5.30. The van der Waals surface area contributed by atoms with E-state index in [0.717, 1.165) is 11.1 Å². The smallest absolute Gasteiger partial charge is 0.311 e. The molecule has 402 valence electrons. The van der Waals surface area contributed by atoms with Gasteiger partial charge in [-0.2, -0.15) is 0 Å². The Labute approximate surface area is 425 Å². The number of nitrogens with zero attached hydrogens (tertiary/aromatic N) is 2. The quantitative estimate of drug-likeness (QED) is 0.0573. The van der Waals surface area contributed by atoms with Crippen molar-refractivity contribution < 1.29 is 72.1 Å². The Kier molecular flexibility index (Phi) is 20.3. The van der Waals surface area contributed by atoms with Gasteiger partial charge in [0.15, 0.2) is 12.2 Å². The molecular weight excluding hydrogens is 931 g/mol. The zero-order chi connectivity index (χ0) is 54.0. The van der Waals surface area contributed by atoms with Gasteiger partial charge in [0.25, 0.3) is 0 Å². The molecule has 0 saturated carbocycles. The van der Waals surface area contributed by atoms with Gasteiger partial charge in [-0.15, -0.1) is 5.10 Å². The number of aryl methyl sites for hydroxylation is 2. The van der Waals surface area contributed by atoms with E-state index < -0.39 is 94.2 Å². The van der Waals surface area contributed by atoms with E-state index in [1.807, 2.05) is 42.5 Å². The summed E-state index contributed by atoms with van der Waals surface area (Å²) in [5.41, 5.74) is -2.45. The maximum atomic E-state index is 14.0. The van der Waals surface area contributed by atoms with Gasteiger partial charge in [-0.05, 0) is 159 Å². The monoisotopic (exact) mass is 1010 g/mol. The molecule has 0 aliphatic carbocycles. The fraction of sp³-hybridized carbons (Fsp3) is 0.667. The summed E-state index contributed by atoms with van der Waals surface area (Å²) in [6.45, 7) is 25.5. The molecule has 4 rings (SSSR count). The number of aromatic nitrogens is 2. The summed E-state index contributed by atoms with van der Waals surface area (Å²) in [4.78, 5) is 67.9. The third kappa shape index (κ3) is 16.9. The topological polar surface area (TPSA) is 230 Å². The summed E-state index contributed by atoms with van der Waals surface area (Å²) in [6.07, 6.45) is -5.78. The third-order valence-corrected chi connectivity index (χ3v) is 11.4. The molecule has 2 heterocycles. The van der Waals surface area contributed by atoms with Gasteiger partial charge in [0.05, 0.1) is 70.4 Å². The van der Waals surface area contributed by atoms with Gasteiger partial charge in [-0.25, -0.2) is 0 Å². The number of hydrogen-bond donors (Lipinski definition) is 3. The lowest BCUT2D eigenvalue weighted by molar-refractivity contribution is -0.294. The second-order valence-corrected chi connectivity index (χ2v) is 23.5. The summed E-state index contributed by atoms with van der Waals surface area (Å²) in [7, 11) is 0. The Morgan fingerprint density at radius 3 is 1.72 bits per heavy atom. The number of aliphatic hydroxyl groups excluding tert-OH is 2. The van der Waals surface area contributed by atoms with Crippen molar-refractivity contribution in [1.82, 2.24) is 15.1 Å². The molecule has 1 fully saturated rings. The molecule has 0 unspecified atom stereocenters. The summed E-state index contributed by atoms with van der Waals surface area (Å²) >= 11 is 0. The maximum Gasteiger partial charge on any atom is 0.311 e. The molecule has 1 saturated heterocycles. The van der Waals surface area contributed by atoms with E-state index in [9.17, 15) is 34.2 Å². The number of rotatable bonds is 21. The lowest BCUT2D eigenvalue weighted by Crippen LogP contribution is -2.65. The zero-order valence-electron chi connectivity index (χ0n) is 45.2. The van der Waals surface area contributed by atoms with Gasteiger partial charge < -0.3 is 53.4 Å². The molecule has 3 aromatic rings.